The third-order valence-corrected chi connectivity index (χ3v) is 4.58. The van der Waals surface area contributed by atoms with Crippen LogP contribution in [0, 0.1) is 0 Å². The molecule has 0 saturated carbocycles. The lowest BCUT2D eigenvalue weighted by Crippen LogP contribution is -2.46. The molecular weight excluding hydrogens is 303 g/mol. The molecule has 0 bridgehead atoms. The molecule has 2 rings (SSSR count). The monoisotopic (exact) mass is 320 g/mol. The van der Waals surface area contributed by atoms with Crippen LogP contribution in [0.2, 0.25) is 10.0 Å². The van der Waals surface area contributed by atoms with E-state index in [1.807, 2.05) is 18.2 Å². The van der Waals surface area contributed by atoms with Crippen molar-refractivity contribution in [1.29, 1.82) is 0 Å². The summed E-state index contributed by atoms with van der Waals surface area (Å²) in [6, 6.07) is 5.82. The van der Waals surface area contributed by atoms with E-state index in [1.54, 1.807) is 0 Å². The van der Waals surface area contributed by atoms with Crippen molar-refractivity contribution in [2.75, 3.05) is 43.5 Å². The van der Waals surface area contributed by atoms with E-state index < -0.39 is 0 Å². The SMILES string of the molecule is ClCCCCN1CCN(c2cccc(Cl)c2Cl)CC1. The fraction of sp³-hybridized carbons (Fsp3) is 0.571. The summed E-state index contributed by atoms with van der Waals surface area (Å²) in [4.78, 5) is 4.80. The Hall–Kier alpha value is -0.150. The predicted molar refractivity (Wildman–Crippen MR) is 85.1 cm³/mol. The maximum Gasteiger partial charge on any atom is 0.0825 e. The molecule has 0 amide bonds. The highest BCUT2D eigenvalue weighted by Crippen LogP contribution is 2.32. The van der Waals surface area contributed by atoms with E-state index in [9.17, 15) is 0 Å². The number of alkyl halides is 1. The second-order valence-corrected chi connectivity index (χ2v) is 5.96. The Morgan fingerprint density at radius 3 is 2.42 bits per heavy atom. The van der Waals surface area contributed by atoms with Crippen molar-refractivity contribution in [3.05, 3.63) is 28.2 Å². The number of nitrogens with zero attached hydrogens (tertiary/aromatic N) is 2. The van der Waals surface area contributed by atoms with E-state index in [-0.39, 0.29) is 0 Å². The fourth-order valence-corrected chi connectivity index (χ4v) is 2.98. The fourth-order valence-electron chi connectivity index (χ4n) is 2.38. The van der Waals surface area contributed by atoms with Crippen molar-refractivity contribution in [2.24, 2.45) is 0 Å². The highest BCUT2D eigenvalue weighted by Gasteiger charge is 2.19. The molecule has 0 atom stereocenters. The number of rotatable bonds is 5. The minimum atomic E-state index is 0.628. The molecule has 1 aliphatic heterocycles. The standard InChI is InChI=1S/C14H19Cl3N2/c15-6-1-2-7-18-8-10-19(11-9-18)13-5-3-4-12(16)14(13)17/h3-5H,1-2,6-11H2. The number of benzene rings is 1. The normalized spacial score (nSPS) is 16.9. The van der Waals surface area contributed by atoms with Crippen LogP contribution in [0.1, 0.15) is 12.8 Å². The molecule has 0 radical (unpaired) electrons. The van der Waals surface area contributed by atoms with Gasteiger partial charge in [0.05, 0.1) is 15.7 Å². The molecule has 1 aliphatic rings. The van der Waals surface area contributed by atoms with Gasteiger partial charge in [0.25, 0.3) is 0 Å². The Labute approximate surface area is 130 Å². The van der Waals surface area contributed by atoms with Gasteiger partial charge in [-0.25, -0.2) is 0 Å². The van der Waals surface area contributed by atoms with Gasteiger partial charge in [-0.2, -0.15) is 0 Å². The number of unbranched alkanes of at least 4 members (excludes halogenated alkanes) is 1. The quantitative estimate of drug-likeness (QED) is 0.594. The molecule has 1 heterocycles. The third-order valence-electron chi connectivity index (χ3n) is 3.50. The molecule has 1 aromatic carbocycles. The largest absolute Gasteiger partial charge is 0.368 e. The number of piperazine rings is 1. The lowest BCUT2D eigenvalue weighted by molar-refractivity contribution is 0.254. The van der Waals surface area contributed by atoms with E-state index in [2.05, 4.69) is 9.80 Å². The van der Waals surface area contributed by atoms with Gasteiger partial charge in [0.1, 0.15) is 0 Å². The summed E-state index contributed by atoms with van der Waals surface area (Å²) in [6.07, 6.45) is 2.28. The van der Waals surface area contributed by atoms with Crippen molar-refractivity contribution < 1.29 is 0 Å². The van der Waals surface area contributed by atoms with Crippen molar-refractivity contribution in [3.63, 3.8) is 0 Å². The molecule has 19 heavy (non-hydrogen) atoms. The first-order chi connectivity index (χ1) is 9.22. The molecule has 106 valence electrons. The summed E-state index contributed by atoms with van der Waals surface area (Å²) in [6.45, 7) is 5.29. The van der Waals surface area contributed by atoms with Gasteiger partial charge in [-0.15, -0.1) is 11.6 Å². The molecule has 2 nitrogen and oxygen atoms in total. The van der Waals surface area contributed by atoms with Gasteiger partial charge < -0.3 is 4.90 Å². The van der Waals surface area contributed by atoms with E-state index in [0.29, 0.717) is 10.0 Å². The Kier molecular flexibility index (Phi) is 6.08. The van der Waals surface area contributed by atoms with Gasteiger partial charge in [-0.3, -0.25) is 4.90 Å². The summed E-state index contributed by atoms with van der Waals surface area (Å²) in [5.41, 5.74) is 1.05. The predicted octanol–water partition coefficient (Wildman–Crippen LogP) is 4.13. The van der Waals surface area contributed by atoms with Gasteiger partial charge in [0.15, 0.2) is 0 Å². The zero-order chi connectivity index (χ0) is 13.7. The maximum absolute atomic E-state index is 6.26. The molecule has 0 N–H and O–H groups in total. The van der Waals surface area contributed by atoms with E-state index in [4.69, 9.17) is 34.8 Å². The Bertz CT molecular complexity index is 404. The van der Waals surface area contributed by atoms with Crippen LogP contribution in [0.3, 0.4) is 0 Å². The first kappa shape index (κ1) is 15.2. The maximum atomic E-state index is 6.26. The Morgan fingerprint density at radius 1 is 1.00 bits per heavy atom. The summed E-state index contributed by atoms with van der Waals surface area (Å²) < 4.78 is 0. The molecule has 1 saturated heterocycles. The van der Waals surface area contributed by atoms with Gasteiger partial charge in [-0.05, 0) is 31.5 Å². The molecule has 0 aromatic heterocycles. The van der Waals surface area contributed by atoms with Crippen molar-refractivity contribution in [2.45, 2.75) is 12.8 Å². The van der Waals surface area contributed by atoms with Crippen molar-refractivity contribution in [3.8, 4) is 0 Å². The summed E-state index contributed by atoms with van der Waals surface area (Å²) in [7, 11) is 0. The van der Waals surface area contributed by atoms with Crippen LogP contribution in [0.15, 0.2) is 18.2 Å². The highest BCUT2D eigenvalue weighted by molar-refractivity contribution is 6.43. The molecule has 0 spiro atoms. The minimum absolute atomic E-state index is 0.628. The zero-order valence-corrected chi connectivity index (χ0v) is 13.2. The molecule has 0 unspecified atom stereocenters. The first-order valence-electron chi connectivity index (χ1n) is 6.69. The minimum Gasteiger partial charge on any atom is -0.368 e. The molecule has 0 aliphatic carbocycles. The number of halogens is 3. The number of hydrogen-bond donors (Lipinski definition) is 0. The van der Waals surface area contributed by atoms with Gasteiger partial charge in [0, 0.05) is 32.1 Å². The van der Waals surface area contributed by atoms with Crippen LogP contribution >= 0.6 is 34.8 Å². The van der Waals surface area contributed by atoms with Gasteiger partial charge in [-0.1, -0.05) is 29.3 Å². The topological polar surface area (TPSA) is 6.48 Å². The molecule has 5 heteroatoms. The summed E-state index contributed by atoms with van der Waals surface area (Å²) in [5, 5.41) is 1.29. The van der Waals surface area contributed by atoms with Gasteiger partial charge >= 0.3 is 0 Å². The average Bonchev–Trinajstić information content (AvgIpc) is 2.43. The second-order valence-electron chi connectivity index (χ2n) is 4.80. The molecule has 1 aromatic rings. The van der Waals surface area contributed by atoms with Crippen molar-refractivity contribution in [1.82, 2.24) is 4.90 Å². The van der Waals surface area contributed by atoms with Crippen molar-refractivity contribution >= 4 is 40.5 Å². The van der Waals surface area contributed by atoms with Crippen LogP contribution in [0.25, 0.3) is 0 Å². The van der Waals surface area contributed by atoms with Crippen LogP contribution < -0.4 is 4.90 Å². The van der Waals surface area contributed by atoms with E-state index in [0.717, 1.165) is 50.7 Å². The molecule has 1 fully saturated rings. The summed E-state index contributed by atoms with van der Waals surface area (Å²) in [5.74, 6) is 0.762. The second kappa shape index (κ2) is 7.58. The van der Waals surface area contributed by atoms with Crippen LogP contribution in [0.4, 0.5) is 5.69 Å². The lowest BCUT2D eigenvalue weighted by atomic mass is 10.2. The summed E-state index contributed by atoms with van der Waals surface area (Å²) >= 11 is 18.0. The van der Waals surface area contributed by atoms with Crippen LogP contribution in [-0.4, -0.2) is 43.5 Å². The highest BCUT2D eigenvalue weighted by atomic mass is 35.5. The average molecular weight is 322 g/mol. The van der Waals surface area contributed by atoms with Gasteiger partial charge in [0.2, 0.25) is 0 Å². The lowest BCUT2D eigenvalue weighted by Gasteiger charge is -2.36. The van der Waals surface area contributed by atoms with E-state index in [1.165, 1.54) is 6.42 Å². The molecular formula is C14H19Cl3N2. The first-order valence-corrected chi connectivity index (χ1v) is 7.98. The Morgan fingerprint density at radius 2 is 1.74 bits per heavy atom. The third kappa shape index (κ3) is 4.16. The van der Waals surface area contributed by atoms with Crippen LogP contribution in [0.5, 0.6) is 0 Å². The van der Waals surface area contributed by atoms with Crippen LogP contribution in [-0.2, 0) is 0 Å². The number of hydrogen-bond acceptors (Lipinski definition) is 2. The smallest absolute Gasteiger partial charge is 0.0825 e. The zero-order valence-electron chi connectivity index (χ0n) is 10.9. The van der Waals surface area contributed by atoms with E-state index >= 15 is 0 Å². The Balaban J connectivity index is 1.87. The number of anilines is 1.